The van der Waals surface area contributed by atoms with Crippen LogP contribution in [0.25, 0.3) is 0 Å². The molecule has 1 aromatic carbocycles. The molecule has 3 N–H and O–H groups in total. The van der Waals surface area contributed by atoms with Gasteiger partial charge in [-0.05, 0) is 12.0 Å². The van der Waals surface area contributed by atoms with Gasteiger partial charge in [-0.3, -0.25) is 5.41 Å². The van der Waals surface area contributed by atoms with E-state index in [4.69, 9.17) is 11.1 Å². The average molecular weight is 235 g/mol. The smallest absolute Gasteiger partial charge is 0.0937 e. The Kier molecular flexibility index (Phi) is 8.60. The van der Waals surface area contributed by atoms with Crippen molar-refractivity contribution in [3.63, 3.8) is 0 Å². The van der Waals surface area contributed by atoms with Gasteiger partial charge in [0, 0.05) is 5.92 Å². The first kappa shape index (κ1) is 15.7. The molecule has 1 rings (SSSR count). The summed E-state index contributed by atoms with van der Waals surface area (Å²) in [7, 11) is 0. The van der Waals surface area contributed by atoms with Crippen LogP contribution in [-0.2, 0) is 6.42 Å². The number of benzene rings is 1. The number of hydrogen-bond acceptors (Lipinski definition) is 1. The van der Waals surface area contributed by atoms with Gasteiger partial charge in [0.2, 0.25) is 0 Å². The van der Waals surface area contributed by atoms with Crippen molar-refractivity contribution in [2.24, 2.45) is 11.7 Å². The summed E-state index contributed by atoms with van der Waals surface area (Å²) >= 11 is 0. The van der Waals surface area contributed by atoms with E-state index in [1.54, 1.807) is 0 Å². The number of rotatable bonds is 3. The van der Waals surface area contributed by atoms with E-state index in [1.807, 2.05) is 25.1 Å². The standard InChI is InChI=1S/C10H14N2.2ClH/c1-8(10(11)12)7-9-5-3-2-4-6-9;;/h2-6,8H,7H2,1H3,(H3,11,12);2*1H. The van der Waals surface area contributed by atoms with Crippen LogP contribution in [0.1, 0.15) is 12.5 Å². The zero-order valence-corrected chi connectivity index (χ0v) is 9.70. The fourth-order valence-corrected chi connectivity index (χ4v) is 1.08. The van der Waals surface area contributed by atoms with E-state index in [1.165, 1.54) is 5.56 Å². The van der Waals surface area contributed by atoms with E-state index >= 15 is 0 Å². The predicted molar refractivity (Wildman–Crippen MR) is 65.7 cm³/mol. The molecule has 0 radical (unpaired) electrons. The molecule has 0 bridgehead atoms. The monoisotopic (exact) mass is 234 g/mol. The molecule has 0 aliphatic carbocycles. The van der Waals surface area contributed by atoms with Crippen molar-refractivity contribution in [3.8, 4) is 0 Å². The van der Waals surface area contributed by atoms with Crippen LogP contribution >= 0.6 is 24.8 Å². The molecule has 1 aromatic rings. The van der Waals surface area contributed by atoms with Crippen LogP contribution in [0.5, 0.6) is 0 Å². The first-order valence-electron chi connectivity index (χ1n) is 4.08. The zero-order valence-electron chi connectivity index (χ0n) is 8.07. The van der Waals surface area contributed by atoms with E-state index in [0.717, 1.165) is 6.42 Å². The predicted octanol–water partition coefficient (Wildman–Crippen LogP) is 2.64. The van der Waals surface area contributed by atoms with Crippen LogP contribution < -0.4 is 5.73 Å². The number of halogens is 2. The van der Waals surface area contributed by atoms with E-state index in [-0.39, 0.29) is 36.6 Å². The van der Waals surface area contributed by atoms with Gasteiger partial charge in [0.25, 0.3) is 0 Å². The van der Waals surface area contributed by atoms with Crippen molar-refractivity contribution < 1.29 is 0 Å². The summed E-state index contributed by atoms with van der Waals surface area (Å²) in [6.07, 6.45) is 0.857. The normalized spacial score (nSPS) is 10.6. The van der Waals surface area contributed by atoms with Gasteiger partial charge in [-0.2, -0.15) is 0 Å². The maximum Gasteiger partial charge on any atom is 0.0937 e. The van der Waals surface area contributed by atoms with Gasteiger partial charge in [0.05, 0.1) is 5.84 Å². The fraction of sp³-hybridized carbons (Fsp3) is 0.300. The van der Waals surface area contributed by atoms with Crippen molar-refractivity contribution in [2.45, 2.75) is 13.3 Å². The molecule has 0 aromatic heterocycles. The minimum absolute atomic E-state index is 0. The number of hydrogen-bond donors (Lipinski definition) is 2. The first-order chi connectivity index (χ1) is 5.70. The van der Waals surface area contributed by atoms with E-state index in [9.17, 15) is 0 Å². The number of nitrogens with one attached hydrogen (secondary N) is 1. The molecule has 0 spiro atoms. The Labute approximate surface area is 97.2 Å². The van der Waals surface area contributed by atoms with Crippen LogP contribution in [0, 0.1) is 11.3 Å². The second-order valence-electron chi connectivity index (χ2n) is 3.05. The van der Waals surface area contributed by atoms with Crippen LogP contribution in [0.2, 0.25) is 0 Å². The Morgan fingerprint density at radius 2 is 1.79 bits per heavy atom. The van der Waals surface area contributed by atoms with Crippen molar-refractivity contribution >= 4 is 30.6 Å². The highest BCUT2D eigenvalue weighted by Gasteiger charge is 2.04. The molecule has 0 heterocycles. The summed E-state index contributed by atoms with van der Waals surface area (Å²) in [6, 6.07) is 10.1. The van der Waals surface area contributed by atoms with Crippen LogP contribution in [0.4, 0.5) is 0 Å². The summed E-state index contributed by atoms with van der Waals surface area (Å²) in [5.74, 6) is 0.409. The van der Waals surface area contributed by atoms with E-state index < -0.39 is 0 Å². The quantitative estimate of drug-likeness (QED) is 0.614. The lowest BCUT2D eigenvalue weighted by atomic mass is 10.0. The molecule has 14 heavy (non-hydrogen) atoms. The minimum Gasteiger partial charge on any atom is -0.387 e. The van der Waals surface area contributed by atoms with Crippen LogP contribution in [-0.4, -0.2) is 5.84 Å². The molecule has 1 atom stereocenters. The fourth-order valence-electron chi connectivity index (χ4n) is 1.08. The molecule has 2 nitrogen and oxygen atoms in total. The number of nitrogens with two attached hydrogens (primary N) is 1. The maximum absolute atomic E-state index is 7.23. The average Bonchev–Trinajstić information content (AvgIpc) is 2.06. The first-order valence-corrected chi connectivity index (χ1v) is 4.08. The third-order valence-corrected chi connectivity index (χ3v) is 1.92. The third kappa shape index (κ3) is 5.10. The van der Waals surface area contributed by atoms with Crippen LogP contribution in [0.3, 0.4) is 0 Å². The van der Waals surface area contributed by atoms with Gasteiger partial charge >= 0.3 is 0 Å². The maximum atomic E-state index is 7.23. The molecule has 0 aliphatic rings. The summed E-state index contributed by atoms with van der Waals surface area (Å²) in [6.45, 7) is 1.97. The van der Waals surface area contributed by atoms with Gasteiger partial charge in [-0.15, -0.1) is 24.8 Å². The lowest BCUT2D eigenvalue weighted by Gasteiger charge is -2.08. The largest absolute Gasteiger partial charge is 0.387 e. The molecule has 0 saturated carbocycles. The Hall–Kier alpha value is -0.730. The summed E-state index contributed by atoms with van der Waals surface area (Å²) < 4.78 is 0. The second kappa shape index (κ2) is 7.65. The molecular weight excluding hydrogens is 219 g/mol. The Bertz CT molecular complexity index is 262. The third-order valence-electron chi connectivity index (χ3n) is 1.92. The highest BCUT2D eigenvalue weighted by Crippen LogP contribution is 2.06. The SMILES string of the molecule is CC(Cc1ccccc1)C(=N)N.Cl.Cl. The highest BCUT2D eigenvalue weighted by molar-refractivity contribution is 5.85. The Morgan fingerprint density at radius 3 is 2.21 bits per heavy atom. The molecule has 0 aliphatic heterocycles. The topological polar surface area (TPSA) is 49.9 Å². The minimum atomic E-state index is 0. The molecule has 4 heteroatoms. The van der Waals surface area contributed by atoms with Gasteiger partial charge in [-0.25, -0.2) is 0 Å². The summed E-state index contributed by atoms with van der Waals surface area (Å²) in [4.78, 5) is 0. The summed E-state index contributed by atoms with van der Waals surface area (Å²) in [5, 5.41) is 7.23. The van der Waals surface area contributed by atoms with Crippen molar-refractivity contribution in [1.82, 2.24) is 0 Å². The van der Waals surface area contributed by atoms with Crippen molar-refractivity contribution in [3.05, 3.63) is 35.9 Å². The van der Waals surface area contributed by atoms with Gasteiger partial charge < -0.3 is 5.73 Å². The van der Waals surface area contributed by atoms with Gasteiger partial charge in [-0.1, -0.05) is 37.3 Å². The lowest BCUT2D eigenvalue weighted by molar-refractivity contribution is 0.754. The molecular formula is C10H16Cl2N2. The zero-order chi connectivity index (χ0) is 8.97. The second-order valence-corrected chi connectivity index (χ2v) is 3.05. The highest BCUT2D eigenvalue weighted by atomic mass is 35.5. The number of amidine groups is 1. The Balaban J connectivity index is 0. The van der Waals surface area contributed by atoms with E-state index in [0.29, 0.717) is 0 Å². The summed E-state index contributed by atoms with van der Waals surface area (Å²) in [5.41, 5.74) is 6.60. The van der Waals surface area contributed by atoms with Crippen LogP contribution in [0.15, 0.2) is 30.3 Å². The van der Waals surface area contributed by atoms with Crippen molar-refractivity contribution in [1.29, 1.82) is 5.41 Å². The van der Waals surface area contributed by atoms with Gasteiger partial charge in [0.15, 0.2) is 0 Å². The lowest BCUT2D eigenvalue weighted by Crippen LogP contribution is -2.21. The van der Waals surface area contributed by atoms with E-state index in [2.05, 4.69) is 12.1 Å². The van der Waals surface area contributed by atoms with Crippen molar-refractivity contribution in [2.75, 3.05) is 0 Å². The molecule has 0 amide bonds. The van der Waals surface area contributed by atoms with Gasteiger partial charge in [0.1, 0.15) is 0 Å². The molecule has 1 unspecified atom stereocenters. The Morgan fingerprint density at radius 1 is 1.29 bits per heavy atom. The molecule has 0 fully saturated rings. The molecule has 80 valence electrons. The molecule has 0 saturated heterocycles.